The van der Waals surface area contributed by atoms with Gasteiger partial charge in [0.1, 0.15) is 0 Å². The van der Waals surface area contributed by atoms with Gasteiger partial charge < -0.3 is 10.1 Å². The Bertz CT molecular complexity index is 468. The molecule has 1 aliphatic heterocycles. The number of hydrogen-bond acceptors (Lipinski definition) is 2. The van der Waals surface area contributed by atoms with E-state index in [2.05, 4.69) is 5.32 Å². The molecule has 2 rings (SSSR count). The smallest absolute Gasteiger partial charge is 0.378 e. The molecule has 1 amide bonds. The molecule has 1 aliphatic rings. The molecule has 1 N–H and O–H groups in total. The molecule has 0 radical (unpaired) electrons. The van der Waals surface area contributed by atoms with Crippen molar-refractivity contribution < 1.29 is 22.7 Å². The summed E-state index contributed by atoms with van der Waals surface area (Å²) < 4.78 is 43.7. The number of rotatable bonds is 3. The normalized spacial score (nSPS) is 19.6. The van der Waals surface area contributed by atoms with Crippen LogP contribution in [0.25, 0.3) is 0 Å². The summed E-state index contributed by atoms with van der Waals surface area (Å²) in [6.07, 6.45) is -1.86. The first-order valence-electron chi connectivity index (χ1n) is 6.54. The standard InChI is InChI=1S/C14H16F3NO2/c15-14(16,17)11-6-1-2-7-12(11)18-13(19)9-10-5-3-4-8-20-10/h1-2,6-7,10H,3-5,8-9H2,(H,18,19). The van der Waals surface area contributed by atoms with Crippen LogP contribution in [0, 0.1) is 0 Å². The van der Waals surface area contributed by atoms with E-state index in [1.165, 1.54) is 18.2 Å². The average molecular weight is 287 g/mol. The Kier molecular flexibility index (Phi) is 4.65. The van der Waals surface area contributed by atoms with Crippen molar-refractivity contribution in [1.29, 1.82) is 0 Å². The number of amides is 1. The average Bonchev–Trinajstić information content (AvgIpc) is 2.39. The van der Waals surface area contributed by atoms with Gasteiger partial charge in [-0.25, -0.2) is 0 Å². The molecule has 110 valence electrons. The monoisotopic (exact) mass is 287 g/mol. The summed E-state index contributed by atoms with van der Waals surface area (Å²) in [5.74, 6) is -0.450. The number of carbonyl (C=O) groups excluding carboxylic acids is 1. The third-order valence-electron chi connectivity index (χ3n) is 3.19. The summed E-state index contributed by atoms with van der Waals surface area (Å²) in [7, 11) is 0. The maximum Gasteiger partial charge on any atom is 0.418 e. The topological polar surface area (TPSA) is 38.3 Å². The fourth-order valence-corrected chi connectivity index (χ4v) is 2.22. The van der Waals surface area contributed by atoms with Crippen LogP contribution in [0.4, 0.5) is 18.9 Å². The van der Waals surface area contributed by atoms with Crippen LogP contribution in [0.15, 0.2) is 24.3 Å². The van der Waals surface area contributed by atoms with Crippen molar-refractivity contribution >= 4 is 11.6 Å². The minimum absolute atomic E-state index is 0.0895. The summed E-state index contributed by atoms with van der Waals surface area (Å²) in [5.41, 5.74) is -1.04. The van der Waals surface area contributed by atoms with E-state index >= 15 is 0 Å². The summed E-state index contributed by atoms with van der Waals surface area (Å²) in [4.78, 5) is 11.8. The lowest BCUT2D eigenvalue weighted by Crippen LogP contribution is -2.26. The zero-order valence-corrected chi connectivity index (χ0v) is 10.9. The zero-order chi connectivity index (χ0) is 14.6. The van der Waals surface area contributed by atoms with Gasteiger partial charge in [0, 0.05) is 6.61 Å². The molecular formula is C14H16F3NO2. The van der Waals surface area contributed by atoms with Crippen molar-refractivity contribution in [3.05, 3.63) is 29.8 Å². The van der Waals surface area contributed by atoms with Gasteiger partial charge in [-0.3, -0.25) is 4.79 Å². The highest BCUT2D eigenvalue weighted by molar-refractivity contribution is 5.91. The summed E-state index contributed by atoms with van der Waals surface area (Å²) in [6.45, 7) is 0.608. The highest BCUT2D eigenvalue weighted by atomic mass is 19.4. The second-order valence-electron chi connectivity index (χ2n) is 4.78. The van der Waals surface area contributed by atoms with E-state index in [0.29, 0.717) is 6.61 Å². The van der Waals surface area contributed by atoms with Crippen LogP contribution in [0.3, 0.4) is 0 Å². The number of nitrogens with one attached hydrogen (secondary N) is 1. The molecule has 1 aromatic carbocycles. The number of ether oxygens (including phenoxy) is 1. The van der Waals surface area contributed by atoms with Crippen molar-refractivity contribution in [2.75, 3.05) is 11.9 Å². The number of hydrogen-bond donors (Lipinski definition) is 1. The zero-order valence-electron chi connectivity index (χ0n) is 10.9. The number of carbonyl (C=O) groups is 1. The number of benzene rings is 1. The number of halogens is 3. The van der Waals surface area contributed by atoms with E-state index < -0.39 is 17.6 Å². The van der Waals surface area contributed by atoms with Gasteiger partial charge in [0.15, 0.2) is 0 Å². The second kappa shape index (κ2) is 6.26. The fourth-order valence-electron chi connectivity index (χ4n) is 2.22. The van der Waals surface area contributed by atoms with Crippen LogP contribution in [0.1, 0.15) is 31.2 Å². The Labute approximate surface area is 115 Å². The molecule has 6 heteroatoms. The van der Waals surface area contributed by atoms with E-state index in [4.69, 9.17) is 4.74 Å². The van der Waals surface area contributed by atoms with Crippen LogP contribution < -0.4 is 5.32 Å². The molecule has 0 bridgehead atoms. The first-order chi connectivity index (χ1) is 9.47. The predicted molar refractivity (Wildman–Crippen MR) is 68.3 cm³/mol. The van der Waals surface area contributed by atoms with E-state index in [1.54, 1.807) is 0 Å². The Balaban J connectivity index is 2.00. The maximum atomic E-state index is 12.8. The van der Waals surface area contributed by atoms with Crippen molar-refractivity contribution in [2.24, 2.45) is 0 Å². The van der Waals surface area contributed by atoms with Crippen LogP contribution >= 0.6 is 0 Å². The fraction of sp³-hybridized carbons (Fsp3) is 0.500. The van der Waals surface area contributed by atoms with Crippen molar-refractivity contribution in [3.8, 4) is 0 Å². The first-order valence-corrected chi connectivity index (χ1v) is 6.54. The van der Waals surface area contributed by atoms with Crippen LogP contribution in [0.2, 0.25) is 0 Å². The molecule has 0 aromatic heterocycles. The Morgan fingerprint density at radius 2 is 2.05 bits per heavy atom. The van der Waals surface area contributed by atoms with Gasteiger partial charge in [-0.05, 0) is 31.4 Å². The van der Waals surface area contributed by atoms with Gasteiger partial charge >= 0.3 is 6.18 Å². The quantitative estimate of drug-likeness (QED) is 0.922. The van der Waals surface area contributed by atoms with Crippen molar-refractivity contribution in [2.45, 2.75) is 38.0 Å². The Morgan fingerprint density at radius 3 is 2.70 bits per heavy atom. The molecule has 1 aromatic rings. The molecule has 1 heterocycles. The SMILES string of the molecule is O=C(CC1CCCCO1)Nc1ccccc1C(F)(F)F. The highest BCUT2D eigenvalue weighted by Crippen LogP contribution is 2.34. The van der Waals surface area contributed by atoms with Gasteiger partial charge in [0.05, 0.1) is 23.8 Å². The van der Waals surface area contributed by atoms with Crippen LogP contribution in [0.5, 0.6) is 0 Å². The maximum absolute atomic E-state index is 12.8. The molecule has 1 atom stereocenters. The minimum Gasteiger partial charge on any atom is -0.378 e. The number of anilines is 1. The number of para-hydroxylation sites is 1. The summed E-state index contributed by atoms with van der Waals surface area (Å²) in [6, 6.07) is 4.96. The van der Waals surface area contributed by atoms with Gasteiger partial charge in [-0.15, -0.1) is 0 Å². The molecular weight excluding hydrogens is 271 g/mol. The van der Waals surface area contributed by atoms with E-state index in [9.17, 15) is 18.0 Å². The van der Waals surface area contributed by atoms with Gasteiger partial charge in [-0.1, -0.05) is 12.1 Å². The number of alkyl halides is 3. The van der Waals surface area contributed by atoms with Crippen molar-refractivity contribution in [1.82, 2.24) is 0 Å². The second-order valence-corrected chi connectivity index (χ2v) is 4.78. The Hall–Kier alpha value is -1.56. The van der Waals surface area contributed by atoms with E-state index in [0.717, 1.165) is 25.3 Å². The summed E-state index contributed by atoms with van der Waals surface area (Å²) in [5, 5.41) is 2.33. The molecule has 0 aliphatic carbocycles. The molecule has 0 saturated carbocycles. The minimum atomic E-state index is -4.48. The van der Waals surface area contributed by atoms with Crippen LogP contribution in [-0.4, -0.2) is 18.6 Å². The van der Waals surface area contributed by atoms with Gasteiger partial charge in [0.2, 0.25) is 5.91 Å². The molecule has 1 fully saturated rings. The summed E-state index contributed by atoms with van der Waals surface area (Å²) >= 11 is 0. The van der Waals surface area contributed by atoms with E-state index in [1.807, 2.05) is 0 Å². The third-order valence-corrected chi connectivity index (χ3v) is 3.19. The molecule has 1 unspecified atom stereocenters. The molecule has 1 saturated heterocycles. The first kappa shape index (κ1) is 14.8. The van der Waals surface area contributed by atoms with Gasteiger partial charge in [-0.2, -0.15) is 13.2 Å². The largest absolute Gasteiger partial charge is 0.418 e. The lowest BCUT2D eigenvalue weighted by molar-refractivity contribution is -0.137. The van der Waals surface area contributed by atoms with E-state index in [-0.39, 0.29) is 18.2 Å². The Morgan fingerprint density at radius 1 is 1.30 bits per heavy atom. The molecule has 0 spiro atoms. The molecule has 20 heavy (non-hydrogen) atoms. The van der Waals surface area contributed by atoms with Crippen molar-refractivity contribution in [3.63, 3.8) is 0 Å². The molecule has 3 nitrogen and oxygen atoms in total. The highest BCUT2D eigenvalue weighted by Gasteiger charge is 2.33. The third kappa shape index (κ3) is 3.96. The van der Waals surface area contributed by atoms with Gasteiger partial charge in [0.25, 0.3) is 0 Å². The lowest BCUT2D eigenvalue weighted by Gasteiger charge is -2.22. The lowest BCUT2D eigenvalue weighted by atomic mass is 10.1. The van der Waals surface area contributed by atoms with Crippen LogP contribution in [-0.2, 0) is 15.7 Å². The predicted octanol–water partition coefficient (Wildman–Crippen LogP) is 3.60.